The molecule has 0 saturated heterocycles. The number of aromatic nitrogens is 3. The van der Waals surface area contributed by atoms with Gasteiger partial charge in [-0.3, -0.25) is 10.1 Å². The Morgan fingerprint density at radius 3 is 2.24 bits per heavy atom. The van der Waals surface area contributed by atoms with Gasteiger partial charge in [-0.05, 0) is 94.0 Å². The van der Waals surface area contributed by atoms with Gasteiger partial charge in [-0.1, -0.05) is 17.2 Å². The average Bonchev–Trinajstić information content (AvgIpc) is 3.16. The van der Waals surface area contributed by atoms with Crippen molar-refractivity contribution in [1.82, 2.24) is 20.3 Å². The van der Waals surface area contributed by atoms with Crippen LogP contribution >= 0.6 is 12.2 Å². The number of carbonyl (C=O) groups excluding carboxylic acids is 1. The van der Waals surface area contributed by atoms with E-state index in [1.807, 2.05) is 82.3 Å². The van der Waals surface area contributed by atoms with Crippen LogP contribution in [0, 0.1) is 20.8 Å². The first-order valence-electron chi connectivity index (χ1n) is 10.6. The average molecular weight is 460 g/mol. The van der Waals surface area contributed by atoms with Gasteiger partial charge in [0, 0.05) is 11.3 Å². The Morgan fingerprint density at radius 1 is 0.970 bits per heavy atom. The Balaban J connectivity index is 1.51. The molecule has 33 heavy (non-hydrogen) atoms. The molecule has 8 heteroatoms. The van der Waals surface area contributed by atoms with E-state index in [0.717, 1.165) is 39.3 Å². The Morgan fingerprint density at radius 2 is 1.61 bits per heavy atom. The molecule has 0 atom stereocenters. The number of rotatable bonds is 5. The van der Waals surface area contributed by atoms with Crippen molar-refractivity contribution in [1.29, 1.82) is 0 Å². The van der Waals surface area contributed by atoms with Crippen molar-refractivity contribution in [3.05, 3.63) is 76.9 Å². The van der Waals surface area contributed by atoms with Gasteiger partial charge in [0.25, 0.3) is 5.91 Å². The van der Waals surface area contributed by atoms with Crippen molar-refractivity contribution in [2.75, 3.05) is 11.9 Å². The number of hydrogen-bond donors (Lipinski definition) is 2. The summed E-state index contributed by atoms with van der Waals surface area (Å²) in [6.45, 7) is 8.43. The van der Waals surface area contributed by atoms with Crippen LogP contribution in [-0.2, 0) is 0 Å². The number of nitrogens with one attached hydrogen (secondary N) is 2. The van der Waals surface area contributed by atoms with Crippen LogP contribution in [0.2, 0.25) is 0 Å². The second-order valence-electron chi connectivity index (χ2n) is 7.86. The fraction of sp³-hybridized carbons (Fsp3) is 0.200. The number of benzene rings is 3. The lowest BCUT2D eigenvalue weighted by atomic mass is 10.1. The molecule has 2 N–H and O–H groups in total. The third-order valence-electron chi connectivity index (χ3n) is 5.06. The minimum Gasteiger partial charge on any atom is -0.494 e. The highest BCUT2D eigenvalue weighted by Crippen LogP contribution is 2.23. The second-order valence-corrected chi connectivity index (χ2v) is 8.27. The SMILES string of the molecule is CCOc1ccc(-n2nc3cc(C)c(NC(=S)NC(=O)c4cc(C)cc(C)c4)cc3n2)cc1. The lowest BCUT2D eigenvalue weighted by molar-refractivity contribution is 0.0977. The monoisotopic (exact) mass is 459 g/mol. The summed E-state index contributed by atoms with van der Waals surface area (Å²) in [6.07, 6.45) is 0. The highest BCUT2D eigenvalue weighted by molar-refractivity contribution is 7.80. The molecule has 0 fully saturated rings. The van der Waals surface area contributed by atoms with Crippen LogP contribution in [0.4, 0.5) is 5.69 Å². The number of hydrogen-bond acceptors (Lipinski definition) is 5. The van der Waals surface area contributed by atoms with Gasteiger partial charge in [0.2, 0.25) is 0 Å². The quantitative estimate of drug-likeness (QED) is 0.415. The van der Waals surface area contributed by atoms with E-state index in [2.05, 4.69) is 20.8 Å². The van der Waals surface area contributed by atoms with Crippen molar-refractivity contribution in [3.8, 4) is 11.4 Å². The molecule has 1 amide bonds. The fourth-order valence-electron chi connectivity index (χ4n) is 3.60. The van der Waals surface area contributed by atoms with E-state index >= 15 is 0 Å². The van der Waals surface area contributed by atoms with Crippen molar-refractivity contribution in [2.45, 2.75) is 27.7 Å². The number of nitrogens with zero attached hydrogens (tertiary/aromatic N) is 3. The zero-order valence-corrected chi connectivity index (χ0v) is 19.8. The van der Waals surface area contributed by atoms with Crippen LogP contribution in [0.5, 0.6) is 5.75 Å². The van der Waals surface area contributed by atoms with Gasteiger partial charge in [-0.25, -0.2) is 0 Å². The lowest BCUT2D eigenvalue weighted by Crippen LogP contribution is -2.34. The van der Waals surface area contributed by atoms with Gasteiger partial charge in [-0.15, -0.1) is 10.2 Å². The molecule has 1 heterocycles. The number of fused-ring (bicyclic) bond motifs is 1. The van der Waals surface area contributed by atoms with E-state index in [1.54, 1.807) is 4.80 Å². The van der Waals surface area contributed by atoms with Gasteiger partial charge >= 0.3 is 0 Å². The number of amides is 1. The molecular weight excluding hydrogens is 434 g/mol. The Kier molecular flexibility index (Phi) is 6.37. The minimum atomic E-state index is -0.250. The van der Waals surface area contributed by atoms with E-state index in [9.17, 15) is 4.79 Å². The zero-order valence-electron chi connectivity index (χ0n) is 19.0. The predicted octanol–water partition coefficient (Wildman–Crippen LogP) is 4.87. The van der Waals surface area contributed by atoms with E-state index in [-0.39, 0.29) is 11.0 Å². The van der Waals surface area contributed by atoms with E-state index in [1.165, 1.54) is 0 Å². The molecule has 0 bridgehead atoms. The van der Waals surface area contributed by atoms with Crippen LogP contribution < -0.4 is 15.4 Å². The van der Waals surface area contributed by atoms with Crippen molar-refractivity contribution >= 4 is 40.0 Å². The molecular formula is C25H25N5O2S. The molecule has 3 aromatic carbocycles. The molecule has 4 aromatic rings. The number of thiocarbonyl (C=S) groups is 1. The van der Waals surface area contributed by atoms with Gasteiger partial charge in [-0.2, -0.15) is 4.80 Å². The molecule has 0 radical (unpaired) electrons. The van der Waals surface area contributed by atoms with Crippen LogP contribution in [0.1, 0.15) is 34.0 Å². The summed E-state index contributed by atoms with van der Waals surface area (Å²) in [7, 11) is 0. The summed E-state index contributed by atoms with van der Waals surface area (Å²) in [6, 6.07) is 17.1. The Bertz CT molecular complexity index is 1320. The van der Waals surface area contributed by atoms with Crippen LogP contribution in [0.15, 0.2) is 54.6 Å². The summed E-state index contributed by atoms with van der Waals surface area (Å²) < 4.78 is 5.49. The summed E-state index contributed by atoms with van der Waals surface area (Å²) in [5.41, 5.74) is 6.61. The van der Waals surface area contributed by atoms with Gasteiger partial charge in [0.15, 0.2) is 5.11 Å². The molecule has 0 spiro atoms. The summed E-state index contributed by atoms with van der Waals surface area (Å²) in [5, 5.41) is 15.2. The number of carbonyl (C=O) groups is 1. The normalized spacial score (nSPS) is 10.8. The van der Waals surface area contributed by atoms with E-state index < -0.39 is 0 Å². The predicted molar refractivity (Wildman–Crippen MR) is 134 cm³/mol. The third-order valence-corrected chi connectivity index (χ3v) is 5.27. The highest BCUT2D eigenvalue weighted by Gasteiger charge is 2.12. The van der Waals surface area contributed by atoms with E-state index in [4.69, 9.17) is 17.0 Å². The summed E-state index contributed by atoms with van der Waals surface area (Å²) >= 11 is 5.38. The zero-order chi connectivity index (χ0) is 23.5. The molecule has 7 nitrogen and oxygen atoms in total. The maximum Gasteiger partial charge on any atom is 0.257 e. The molecule has 0 aliphatic heterocycles. The van der Waals surface area contributed by atoms with Crippen LogP contribution in [0.25, 0.3) is 16.7 Å². The molecule has 0 aliphatic carbocycles. The second kappa shape index (κ2) is 9.38. The fourth-order valence-corrected chi connectivity index (χ4v) is 3.80. The first-order chi connectivity index (χ1) is 15.8. The van der Waals surface area contributed by atoms with Crippen molar-refractivity contribution in [2.24, 2.45) is 0 Å². The topological polar surface area (TPSA) is 81.1 Å². The van der Waals surface area contributed by atoms with E-state index in [0.29, 0.717) is 17.7 Å². The van der Waals surface area contributed by atoms with Gasteiger partial charge < -0.3 is 10.1 Å². The maximum absolute atomic E-state index is 12.6. The number of ether oxygens (including phenoxy) is 1. The highest BCUT2D eigenvalue weighted by atomic mass is 32.1. The molecule has 1 aromatic heterocycles. The molecule has 0 aliphatic rings. The number of aryl methyl sites for hydroxylation is 3. The maximum atomic E-state index is 12.6. The molecule has 0 unspecified atom stereocenters. The van der Waals surface area contributed by atoms with Crippen LogP contribution in [-0.4, -0.2) is 32.6 Å². The first-order valence-corrected chi connectivity index (χ1v) is 11.0. The van der Waals surface area contributed by atoms with Crippen LogP contribution in [0.3, 0.4) is 0 Å². The smallest absolute Gasteiger partial charge is 0.257 e. The third kappa shape index (κ3) is 5.18. The standard InChI is InChI=1S/C25H25N5O2S/c1-5-32-20-8-6-19(7-9-20)30-28-22-13-17(4)21(14-23(22)29-30)26-25(33)27-24(31)18-11-15(2)10-16(3)12-18/h6-14H,5H2,1-4H3,(H2,26,27,31,33). The summed E-state index contributed by atoms with van der Waals surface area (Å²) in [4.78, 5) is 14.2. The molecule has 4 rings (SSSR count). The van der Waals surface area contributed by atoms with Gasteiger partial charge in [0.1, 0.15) is 16.8 Å². The Labute approximate surface area is 197 Å². The Hall–Kier alpha value is -3.78. The lowest BCUT2D eigenvalue weighted by Gasteiger charge is -2.12. The van der Waals surface area contributed by atoms with Crippen molar-refractivity contribution < 1.29 is 9.53 Å². The van der Waals surface area contributed by atoms with Gasteiger partial charge in [0.05, 0.1) is 12.3 Å². The largest absolute Gasteiger partial charge is 0.494 e. The minimum absolute atomic E-state index is 0.223. The first kappa shape index (κ1) is 22.4. The molecule has 0 saturated carbocycles. The molecule has 168 valence electrons. The summed E-state index contributed by atoms with van der Waals surface area (Å²) in [5.74, 6) is 0.552. The van der Waals surface area contributed by atoms with Crippen molar-refractivity contribution in [3.63, 3.8) is 0 Å². The number of anilines is 1.